The number of halogens is 5. The Hall–Kier alpha value is -3.28. The Kier molecular flexibility index (Phi) is 11.2. The Labute approximate surface area is 250 Å². The lowest BCUT2D eigenvalue weighted by molar-refractivity contribution is -0.147. The monoisotopic (exact) mass is 632 g/mol. The van der Waals surface area contributed by atoms with Crippen LogP contribution in [0.1, 0.15) is 78.0 Å². The molecule has 0 spiro atoms. The summed E-state index contributed by atoms with van der Waals surface area (Å²) in [7, 11) is 3.01. The number of nitrogens with zero attached hydrogens (tertiary/aromatic N) is 5. The Balaban J connectivity index is 1.58. The number of carbonyl (C=O) groups is 1. The smallest absolute Gasteiger partial charge is 0.385 e. The van der Waals surface area contributed by atoms with Crippen LogP contribution in [0.3, 0.4) is 0 Å². The normalized spacial score (nSPS) is 17.9. The van der Waals surface area contributed by atoms with E-state index in [1.54, 1.807) is 19.4 Å². The van der Waals surface area contributed by atoms with Crippen molar-refractivity contribution in [3.63, 3.8) is 0 Å². The molecule has 0 bridgehead atoms. The molecular formula is C27H37F5N8O4. The van der Waals surface area contributed by atoms with Crippen LogP contribution in [0.5, 0.6) is 0 Å². The van der Waals surface area contributed by atoms with Crippen LogP contribution in [0.2, 0.25) is 0 Å². The summed E-state index contributed by atoms with van der Waals surface area (Å²) in [5, 5.41) is 17.7. The minimum atomic E-state index is -4.57. The largest absolute Gasteiger partial charge is 0.404 e. The Morgan fingerprint density at radius 1 is 1.20 bits per heavy atom. The van der Waals surface area contributed by atoms with Crippen LogP contribution in [-0.4, -0.2) is 82.9 Å². The molecule has 0 aromatic carbocycles. The maximum Gasteiger partial charge on any atom is 0.404 e. The van der Waals surface area contributed by atoms with Crippen molar-refractivity contribution in [2.45, 2.75) is 75.2 Å². The first-order valence-corrected chi connectivity index (χ1v) is 14.3. The van der Waals surface area contributed by atoms with Crippen LogP contribution in [0.15, 0.2) is 23.1 Å². The highest BCUT2D eigenvalue weighted by Crippen LogP contribution is 2.41. The van der Waals surface area contributed by atoms with Crippen molar-refractivity contribution < 1.29 is 40.8 Å². The fourth-order valence-electron chi connectivity index (χ4n) is 5.20. The molecule has 3 atom stereocenters. The van der Waals surface area contributed by atoms with Crippen LogP contribution in [0, 0.1) is 5.92 Å². The van der Waals surface area contributed by atoms with Crippen molar-refractivity contribution in [1.82, 2.24) is 35.5 Å². The SMILES string of the molecule is COCCCCc1nonc1C(=O)N[C@H](c1cn2ncc([C@@H](COC)NC[C@H](N)C(F)(F)F)cc2n1)C1CCC(F)(F)CC1. The zero-order chi connectivity index (χ0) is 31.9. The van der Waals surface area contributed by atoms with Gasteiger partial charge in [0.15, 0.2) is 11.3 Å². The van der Waals surface area contributed by atoms with Gasteiger partial charge in [0.1, 0.15) is 11.7 Å². The predicted molar refractivity (Wildman–Crippen MR) is 146 cm³/mol. The van der Waals surface area contributed by atoms with E-state index in [0.29, 0.717) is 42.0 Å². The molecule has 1 saturated carbocycles. The number of amides is 1. The maximum atomic E-state index is 14.0. The first-order chi connectivity index (χ1) is 20.9. The van der Waals surface area contributed by atoms with Crippen molar-refractivity contribution in [2.75, 3.05) is 34.0 Å². The molecule has 244 valence electrons. The molecule has 17 heteroatoms. The molecule has 0 saturated heterocycles. The molecule has 1 fully saturated rings. The summed E-state index contributed by atoms with van der Waals surface area (Å²) in [4.78, 5) is 18.0. The maximum absolute atomic E-state index is 14.0. The number of ether oxygens (including phenoxy) is 2. The van der Waals surface area contributed by atoms with Crippen molar-refractivity contribution in [2.24, 2.45) is 11.7 Å². The van der Waals surface area contributed by atoms with E-state index < -0.39 is 42.7 Å². The minimum absolute atomic E-state index is 0.00304. The molecule has 0 aliphatic heterocycles. The van der Waals surface area contributed by atoms with Gasteiger partial charge in [0, 0.05) is 40.2 Å². The van der Waals surface area contributed by atoms with E-state index >= 15 is 0 Å². The second-order valence-electron chi connectivity index (χ2n) is 11.0. The molecule has 1 amide bonds. The van der Waals surface area contributed by atoms with Gasteiger partial charge in [-0.15, -0.1) is 0 Å². The Morgan fingerprint density at radius 2 is 1.95 bits per heavy atom. The molecule has 4 N–H and O–H groups in total. The number of aromatic nitrogens is 5. The van der Waals surface area contributed by atoms with Gasteiger partial charge in [-0.25, -0.2) is 22.9 Å². The lowest BCUT2D eigenvalue weighted by Gasteiger charge is -2.33. The molecule has 0 unspecified atom stereocenters. The molecule has 3 aromatic heterocycles. The summed E-state index contributed by atoms with van der Waals surface area (Å²) in [6.07, 6.45) is -0.0413. The Morgan fingerprint density at radius 3 is 2.64 bits per heavy atom. The van der Waals surface area contributed by atoms with Crippen LogP contribution in [0.4, 0.5) is 22.0 Å². The number of imidazole rings is 1. The first kappa shape index (κ1) is 33.6. The van der Waals surface area contributed by atoms with Crippen LogP contribution in [-0.2, 0) is 15.9 Å². The highest BCUT2D eigenvalue weighted by molar-refractivity contribution is 5.93. The molecule has 12 nitrogen and oxygen atoms in total. The summed E-state index contributed by atoms with van der Waals surface area (Å²) < 4.78 is 83.4. The number of nitrogens with two attached hydrogens (primary N) is 1. The van der Waals surface area contributed by atoms with E-state index in [-0.39, 0.29) is 43.9 Å². The van der Waals surface area contributed by atoms with E-state index in [9.17, 15) is 26.7 Å². The lowest BCUT2D eigenvalue weighted by atomic mass is 9.81. The molecule has 3 aromatic rings. The number of nitrogens with one attached hydrogen (secondary N) is 2. The van der Waals surface area contributed by atoms with E-state index in [4.69, 9.17) is 19.8 Å². The standard InChI is InChI=1S/C27H37F5N8O4/c1-42-10-4-3-5-18-24(39-44-38-18)25(41)37-23(16-6-8-26(28,29)9-7-16)19-14-40-22(36-19)11-17(12-35-40)20(15-43-2)34-13-21(33)27(30,31)32/h11-12,14,16,20-21,23,34H,3-10,13,15,33H2,1-2H3,(H,37,41)/t20-,21+,23+/m1/s1. The van der Waals surface area contributed by atoms with Crippen molar-refractivity contribution in [3.05, 3.63) is 41.1 Å². The average molecular weight is 633 g/mol. The number of carbonyl (C=O) groups excluding carboxylic acids is 1. The number of alkyl halides is 5. The quantitative estimate of drug-likeness (QED) is 0.167. The number of hydrogen-bond acceptors (Lipinski definition) is 10. The highest BCUT2D eigenvalue weighted by Gasteiger charge is 2.40. The van der Waals surface area contributed by atoms with E-state index in [1.807, 2.05) is 0 Å². The third-order valence-corrected chi connectivity index (χ3v) is 7.72. The summed E-state index contributed by atoms with van der Waals surface area (Å²) in [5.74, 6) is -3.73. The number of unbranched alkanes of at least 4 members (excludes halogenated alkanes) is 1. The van der Waals surface area contributed by atoms with Gasteiger partial charge in [-0.2, -0.15) is 18.3 Å². The molecule has 1 aliphatic rings. The molecule has 3 heterocycles. The fraction of sp³-hybridized carbons (Fsp3) is 0.667. The number of fused-ring (bicyclic) bond motifs is 1. The van der Waals surface area contributed by atoms with Crippen molar-refractivity contribution in [1.29, 1.82) is 0 Å². The number of aryl methyl sites for hydroxylation is 1. The zero-order valence-electron chi connectivity index (χ0n) is 24.4. The predicted octanol–water partition coefficient (Wildman–Crippen LogP) is 3.54. The van der Waals surface area contributed by atoms with E-state index in [2.05, 4.69) is 31.0 Å². The van der Waals surface area contributed by atoms with Crippen LogP contribution in [0.25, 0.3) is 5.65 Å². The molecule has 0 radical (unpaired) electrons. The van der Waals surface area contributed by atoms with Gasteiger partial charge in [0.25, 0.3) is 5.91 Å². The fourth-order valence-corrected chi connectivity index (χ4v) is 5.20. The van der Waals surface area contributed by atoms with E-state index in [1.165, 1.54) is 17.8 Å². The minimum Gasteiger partial charge on any atom is -0.385 e. The van der Waals surface area contributed by atoms with Gasteiger partial charge in [0.05, 0.1) is 36.8 Å². The summed E-state index contributed by atoms with van der Waals surface area (Å²) in [6.45, 7) is 0.0345. The van der Waals surface area contributed by atoms with Gasteiger partial charge in [0.2, 0.25) is 5.92 Å². The summed E-state index contributed by atoms with van der Waals surface area (Å²) >= 11 is 0. The van der Waals surface area contributed by atoms with Crippen LogP contribution < -0.4 is 16.4 Å². The molecule has 4 rings (SSSR count). The van der Waals surface area contributed by atoms with Crippen LogP contribution >= 0.6 is 0 Å². The van der Waals surface area contributed by atoms with Gasteiger partial charge in [-0.1, -0.05) is 5.16 Å². The first-order valence-electron chi connectivity index (χ1n) is 14.3. The number of rotatable bonds is 15. The average Bonchev–Trinajstić information content (AvgIpc) is 3.62. The topological polar surface area (TPSA) is 155 Å². The van der Waals surface area contributed by atoms with Gasteiger partial charge in [-0.05, 0) is 54.8 Å². The number of hydrogen-bond donors (Lipinski definition) is 3. The molecular weight excluding hydrogens is 595 g/mol. The van der Waals surface area contributed by atoms with Gasteiger partial charge >= 0.3 is 6.18 Å². The number of methoxy groups -OCH3 is 2. The van der Waals surface area contributed by atoms with E-state index in [0.717, 1.165) is 6.42 Å². The van der Waals surface area contributed by atoms with Crippen molar-refractivity contribution >= 4 is 11.6 Å². The third-order valence-electron chi connectivity index (χ3n) is 7.72. The van der Waals surface area contributed by atoms with Gasteiger partial charge in [-0.3, -0.25) is 4.79 Å². The van der Waals surface area contributed by atoms with Crippen molar-refractivity contribution in [3.8, 4) is 0 Å². The zero-order valence-corrected chi connectivity index (χ0v) is 24.4. The molecule has 44 heavy (non-hydrogen) atoms. The highest BCUT2D eigenvalue weighted by atomic mass is 19.4. The second kappa shape index (κ2) is 14.7. The second-order valence-corrected chi connectivity index (χ2v) is 11.0. The lowest BCUT2D eigenvalue weighted by Crippen LogP contribution is -2.46. The summed E-state index contributed by atoms with van der Waals surface area (Å²) in [5.41, 5.74) is 6.83. The summed E-state index contributed by atoms with van der Waals surface area (Å²) in [6, 6.07) is -1.89. The van der Waals surface area contributed by atoms with Gasteiger partial charge < -0.3 is 25.8 Å². The third kappa shape index (κ3) is 8.67. The molecule has 1 aliphatic carbocycles. The Bertz CT molecular complexity index is 1360.